The Labute approximate surface area is 253 Å². The lowest BCUT2D eigenvalue weighted by molar-refractivity contribution is -0.141. The number of alkyl halides is 2. The molecule has 1 unspecified atom stereocenters. The average molecular weight is 606 g/mol. The van der Waals surface area contributed by atoms with E-state index >= 15 is 0 Å². The zero-order valence-corrected chi connectivity index (χ0v) is 24.5. The van der Waals surface area contributed by atoms with Gasteiger partial charge in [0.1, 0.15) is 29.2 Å². The number of benzene rings is 1. The van der Waals surface area contributed by atoms with Gasteiger partial charge in [-0.1, -0.05) is 24.8 Å². The number of aromatic nitrogens is 4. The number of rotatable bonds is 8. The first kappa shape index (κ1) is 29.5. The maximum Gasteiger partial charge on any atom is 0.261 e. The molecule has 9 nitrogen and oxygen atoms in total. The van der Waals surface area contributed by atoms with E-state index in [9.17, 15) is 18.0 Å². The normalized spacial score (nSPS) is 19.1. The summed E-state index contributed by atoms with van der Waals surface area (Å²) in [6.45, 7) is 6.82. The number of anilines is 2. The summed E-state index contributed by atoms with van der Waals surface area (Å²) >= 11 is 0. The Balaban J connectivity index is 1.22. The van der Waals surface area contributed by atoms with Crippen molar-refractivity contribution in [1.29, 1.82) is 0 Å². The fourth-order valence-electron chi connectivity index (χ4n) is 5.98. The van der Waals surface area contributed by atoms with Crippen LogP contribution in [0, 0.1) is 5.82 Å². The van der Waals surface area contributed by atoms with Gasteiger partial charge >= 0.3 is 0 Å². The van der Waals surface area contributed by atoms with Crippen LogP contribution in [0.3, 0.4) is 0 Å². The molecule has 0 N–H and O–H groups in total. The van der Waals surface area contributed by atoms with Gasteiger partial charge in [-0.05, 0) is 61.7 Å². The van der Waals surface area contributed by atoms with Crippen molar-refractivity contribution >= 4 is 23.2 Å². The first-order valence-corrected chi connectivity index (χ1v) is 14.7. The number of pyridine rings is 1. The van der Waals surface area contributed by atoms with Crippen LogP contribution in [-0.2, 0) is 9.53 Å². The van der Waals surface area contributed by atoms with Gasteiger partial charge in [0.2, 0.25) is 0 Å². The van der Waals surface area contributed by atoms with E-state index in [1.54, 1.807) is 40.7 Å². The molecule has 2 saturated heterocycles. The molecule has 0 bridgehead atoms. The summed E-state index contributed by atoms with van der Waals surface area (Å²) in [6.07, 6.45) is 0.906. The molecular formula is C32H34F3N7O2. The number of allylic oxidation sites excluding steroid dienone is 1. The topological polar surface area (TPSA) is 79.1 Å². The van der Waals surface area contributed by atoms with Crippen LogP contribution in [0.1, 0.15) is 31.2 Å². The van der Waals surface area contributed by atoms with Gasteiger partial charge in [0.15, 0.2) is 12.3 Å². The molecule has 2 fully saturated rings. The molecule has 12 heteroatoms. The van der Waals surface area contributed by atoms with E-state index in [0.717, 1.165) is 37.3 Å². The number of imidazole rings is 1. The number of ether oxygens (including phenoxy) is 1. The average Bonchev–Trinajstić information content (AvgIpc) is 3.47. The molecule has 230 valence electrons. The quantitative estimate of drug-likeness (QED) is 0.257. The number of carbonyl (C=O) groups is 1. The van der Waals surface area contributed by atoms with Crippen molar-refractivity contribution in [3.8, 4) is 11.4 Å². The first-order chi connectivity index (χ1) is 21.3. The summed E-state index contributed by atoms with van der Waals surface area (Å²) in [6, 6.07) is 14.8. The number of fused-ring (bicyclic) bond motifs is 1. The Bertz CT molecular complexity index is 1660. The van der Waals surface area contributed by atoms with Gasteiger partial charge in [0, 0.05) is 38.6 Å². The third-order valence-corrected chi connectivity index (χ3v) is 8.21. The summed E-state index contributed by atoms with van der Waals surface area (Å²) in [4.78, 5) is 27.1. The molecule has 1 aromatic carbocycles. The summed E-state index contributed by atoms with van der Waals surface area (Å²) in [5, 5.41) is 4.91. The third-order valence-electron chi connectivity index (χ3n) is 8.21. The Morgan fingerprint density at radius 1 is 1.05 bits per heavy atom. The Kier molecular flexibility index (Phi) is 8.40. The lowest BCUT2D eigenvalue weighted by Crippen LogP contribution is -2.59. The van der Waals surface area contributed by atoms with Gasteiger partial charge in [-0.3, -0.25) is 4.79 Å². The Morgan fingerprint density at radius 3 is 2.66 bits per heavy atom. The van der Waals surface area contributed by atoms with E-state index < -0.39 is 18.4 Å². The molecule has 44 heavy (non-hydrogen) atoms. The van der Waals surface area contributed by atoms with Crippen molar-refractivity contribution < 1.29 is 22.7 Å². The zero-order valence-electron chi connectivity index (χ0n) is 24.5. The number of nitrogens with zero attached hydrogens (tertiary/aromatic N) is 7. The zero-order chi connectivity index (χ0) is 30.8. The van der Waals surface area contributed by atoms with E-state index in [2.05, 4.69) is 16.5 Å². The standard InChI is InChI=1S/C32H34F3N7O2/c1-21(2)44-20-31(43)41-15-14-40(19-27(41)32(34)35)29-10-4-9-25(37-29)26-17-36-28-11-12-30(38-42(26)28)39-13-5-7-23(18-39)22-6-3-8-24(33)16-22/h3-4,6,8-12,16-17,23,27,32H,1,5,7,13-15,18-20H2,2H3/t23-,27?/m0/s1. The third kappa shape index (κ3) is 6.20. The van der Waals surface area contributed by atoms with Gasteiger partial charge in [-0.25, -0.2) is 27.7 Å². The molecule has 6 rings (SSSR count). The minimum atomic E-state index is -2.73. The largest absolute Gasteiger partial charge is 0.489 e. The number of halogens is 3. The highest BCUT2D eigenvalue weighted by Gasteiger charge is 2.37. The number of carbonyl (C=O) groups excluding carboxylic acids is 1. The van der Waals surface area contributed by atoms with Gasteiger partial charge in [-0.15, -0.1) is 5.10 Å². The molecule has 1 amide bonds. The molecule has 2 aliphatic rings. The minimum absolute atomic E-state index is 0.0656. The summed E-state index contributed by atoms with van der Waals surface area (Å²) in [5.41, 5.74) is 2.90. The first-order valence-electron chi connectivity index (χ1n) is 14.7. The Morgan fingerprint density at radius 2 is 1.86 bits per heavy atom. The van der Waals surface area contributed by atoms with Crippen LogP contribution in [0.15, 0.2) is 73.1 Å². The highest BCUT2D eigenvalue weighted by molar-refractivity contribution is 5.78. The van der Waals surface area contributed by atoms with Crippen molar-refractivity contribution in [3.05, 3.63) is 84.5 Å². The van der Waals surface area contributed by atoms with Crippen LogP contribution in [0.25, 0.3) is 17.0 Å². The molecule has 3 aromatic heterocycles. The highest BCUT2D eigenvalue weighted by atomic mass is 19.3. The van der Waals surface area contributed by atoms with E-state index in [4.69, 9.17) is 14.8 Å². The number of hydrogen-bond donors (Lipinski definition) is 0. The van der Waals surface area contributed by atoms with Crippen LogP contribution in [0.5, 0.6) is 0 Å². The molecule has 2 aliphatic heterocycles. The van der Waals surface area contributed by atoms with E-state index in [1.165, 1.54) is 11.0 Å². The summed E-state index contributed by atoms with van der Waals surface area (Å²) in [7, 11) is 0. The molecule has 0 saturated carbocycles. The number of piperazine rings is 1. The molecule has 2 atom stereocenters. The smallest absolute Gasteiger partial charge is 0.261 e. The lowest BCUT2D eigenvalue weighted by Gasteiger charge is -2.41. The fraction of sp³-hybridized carbons (Fsp3) is 0.375. The van der Waals surface area contributed by atoms with Crippen LogP contribution in [-0.4, -0.2) is 82.2 Å². The van der Waals surface area contributed by atoms with E-state index in [-0.39, 0.29) is 31.4 Å². The van der Waals surface area contributed by atoms with Crippen molar-refractivity contribution in [2.75, 3.05) is 49.1 Å². The monoisotopic (exact) mass is 605 g/mol. The maximum atomic E-state index is 14.1. The molecule has 4 aromatic rings. The van der Waals surface area contributed by atoms with E-state index in [0.29, 0.717) is 35.2 Å². The summed E-state index contributed by atoms with van der Waals surface area (Å²) in [5.74, 6) is 1.13. The van der Waals surface area contributed by atoms with Crippen LogP contribution in [0.4, 0.5) is 24.8 Å². The van der Waals surface area contributed by atoms with Crippen LogP contribution >= 0.6 is 0 Å². The van der Waals surface area contributed by atoms with Gasteiger partial charge in [0.05, 0.1) is 17.6 Å². The second kappa shape index (κ2) is 12.6. The van der Waals surface area contributed by atoms with Crippen LogP contribution < -0.4 is 9.80 Å². The fourth-order valence-corrected chi connectivity index (χ4v) is 5.98. The number of amides is 1. The molecular weight excluding hydrogens is 571 g/mol. The maximum absolute atomic E-state index is 14.1. The van der Waals surface area contributed by atoms with Crippen LogP contribution in [0.2, 0.25) is 0 Å². The lowest BCUT2D eigenvalue weighted by atomic mass is 9.90. The van der Waals surface area contributed by atoms with Crippen molar-refractivity contribution in [2.45, 2.75) is 38.2 Å². The predicted octanol–water partition coefficient (Wildman–Crippen LogP) is 5.15. The molecule has 0 radical (unpaired) electrons. The molecule has 0 spiro atoms. The Hall–Kier alpha value is -4.61. The molecule has 5 heterocycles. The summed E-state index contributed by atoms with van der Waals surface area (Å²) < 4.78 is 49.0. The number of piperidine rings is 1. The second-order valence-corrected chi connectivity index (χ2v) is 11.3. The van der Waals surface area contributed by atoms with Gasteiger partial charge in [-0.2, -0.15) is 0 Å². The molecule has 0 aliphatic carbocycles. The second-order valence-electron chi connectivity index (χ2n) is 11.3. The van der Waals surface area contributed by atoms with Crippen molar-refractivity contribution in [3.63, 3.8) is 0 Å². The van der Waals surface area contributed by atoms with E-state index in [1.807, 2.05) is 30.3 Å². The van der Waals surface area contributed by atoms with Crippen molar-refractivity contribution in [1.82, 2.24) is 24.5 Å². The minimum Gasteiger partial charge on any atom is -0.489 e. The van der Waals surface area contributed by atoms with Gasteiger partial charge < -0.3 is 19.4 Å². The van der Waals surface area contributed by atoms with Gasteiger partial charge in [0.25, 0.3) is 12.3 Å². The van der Waals surface area contributed by atoms with Crippen molar-refractivity contribution in [2.24, 2.45) is 0 Å². The SMILES string of the molecule is C=C(C)OCC(=O)N1CCN(c2cccc(-c3cnc4ccc(N5CCC[C@H](c6cccc(F)c6)C5)nn34)n2)CC1C(F)F. The predicted molar refractivity (Wildman–Crippen MR) is 161 cm³/mol. The number of hydrogen-bond acceptors (Lipinski definition) is 7. The highest BCUT2D eigenvalue weighted by Crippen LogP contribution is 2.31.